The Morgan fingerprint density at radius 3 is 2.15 bits per heavy atom. The molecule has 33 heavy (non-hydrogen) atoms. The van der Waals surface area contributed by atoms with Gasteiger partial charge in [0.2, 0.25) is 17.1 Å². The minimum absolute atomic E-state index is 0.103. The van der Waals surface area contributed by atoms with Crippen molar-refractivity contribution in [1.82, 2.24) is 0 Å². The molecule has 0 amide bonds. The molecule has 2 aliphatic rings. The second-order valence-electron chi connectivity index (χ2n) is 8.22. The van der Waals surface area contributed by atoms with Gasteiger partial charge in [-0.25, -0.2) is 0 Å². The summed E-state index contributed by atoms with van der Waals surface area (Å²) >= 11 is 0. The zero-order chi connectivity index (χ0) is 24.1. The highest BCUT2D eigenvalue weighted by molar-refractivity contribution is 5.89. The van der Waals surface area contributed by atoms with E-state index in [0.29, 0.717) is 0 Å². The molecule has 166 valence electrons. The van der Waals surface area contributed by atoms with Crippen LogP contribution in [0.5, 0.6) is 0 Å². The van der Waals surface area contributed by atoms with E-state index in [0.717, 1.165) is 17.7 Å². The van der Waals surface area contributed by atoms with Crippen molar-refractivity contribution in [2.45, 2.75) is 31.4 Å². The molecule has 2 heterocycles. The Kier molecular flexibility index (Phi) is 4.96. The molecule has 0 saturated carbocycles. The Hall–Kier alpha value is -3.87. The largest absolute Gasteiger partial charge is 0.448 e. The number of rotatable bonds is 3. The summed E-state index contributed by atoms with van der Waals surface area (Å²) in [5.74, 6) is -3.38. The zero-order valence-electron chi connectivity index (χ0n) is 17.3. The number of halogens is 3. The molecule has 4 atom stereocenters. The molecule has 2 aromatic rings. The third-order valence-corrected chi connectivity index (χ3v) is 6.55. The second kappa shape index (κ2) is 7.33. The number of ether oxygens (including phenoxy) is 2. The maximum absolute atomic E-state index is 13.8. The first-order valence-corrected chi connectivity index (χ1v) is 9.99. The number of hydrogen-bond acceptors (Lipinski definition) is 6. The van der Waals surface area contributed by atoms with Gasteiger partial charge in [-0.3, -0.25) is 5.41 Å². The van der Waals surface area contributed by atoms with Crippen LogP contribution in [0.4, 0.5) is 13.2 Å². The van der Waals surface area contributed by atoms with Crippen molar-refractivity contribution in [1.29, 1.82) is 21.2 Å². The average molecular weight is 450 g/mol. The summed E-state index contributed by atoms with van der Waals surface area (Å²) in [7, 11) is 0. The molecule has 2 bridgehead atoms. The Bertz CT molecular complexity index is 1230. The number of fused-ring (bicyclic) bond motifs is 2. The third-order valence-electron chi connectivity index (χ3n) is 6.55. The van der Waals surface area contributed by atoms with E-state index in [2.05, 4.69) is 0 Å². The Labute approximate surface area is 187 Å². The van der Waals surface area contributed by atoms with Crippen LogP contribution in [0, 0.1) is 56.2 Å². The fourth-order valence-electron chi connectivity index (χ4n) is 5.00. The van der Waals surface area contributed by atoms with Gasteiger partial charge in [0.25, 0.3) is 0 Å². The van der Waals surface area contributed by atoms with Gasteiger partial charge in [-0.05, 0) is 23.6 Å². The van der Waals surface area contributed by atoms with Crippen LogP contribution < -0.4 is 0 Å². The highest BCUT2D eigenvalue weighted by Crippen LogP contribution is 2.67. The van der Waals surface area contributed by atoms with Crippen molar-refractivity contribution >= 4 is 5.90 Å². The second-order valence-corrected chi connectivity index (χ2v) is 8.22. The summed E-state index contributed by atoms with van der Waals surface area (Å²) in [5.41, 5.74) is -5.46. The fraction of sp³-hybridized carbons (Fsp3) is 0.333. The van der Waals surface area contributed by atoms with E-state index < -0.39 is 51.8 Å². The van der Waals surface area contributed by atoms with Crippen molar-refractivity contribution in [2.75, 3.05) is 0 Å². The summed E-state index contributed by atoms with van der Waals surface area (Å²) in [4.78, 5) is 0. The molecule has 0 aliphatic carbocycles. The van der Waals surface area contributed by atoms with E-state index >= 15 is 0 Å². The van der Waals surface area contributed by atoms with Gasteiger partial charge < -0.3 is 9.47 Å². The van der Waals surface area contributed by atoms with E-state index in [1.807, 2.05) is 6.07 Å². The lowest BCUT2D eigenvalue weighted by Gasteiger charge is -2.49. The van der Waals surface area contributed by atoms with Crippen LogP contribution >= 0.6 is 0 Å². The zero-order valence-corrected chi connectivity index (χ0v) is 17.3. The van der Waals surface area contributed by atoms with Crippen LogP contribution in [0.2, 0.25) is 0 Å². The smallest absolute Gasteiger partial charge is 0.416 e. The lowest BCUT2D eigenvalue weighted by Crippen LogP contribution is -2.59. The maximum Gasteiger partial charge on any atom is 0.416 e. The van der Waals surface area contributed by atoms with E-state index in [1.165, 1.54) is 19.1 Å². The molecule has 0 radical (unpaired) electrons. The Balaban J connectivity index is 1.98. The van der Waals surface area contributed by atoms with E-state index in [-0.39, 0.29) is 6.42 Å². The molecule has 1 N–H and O–H groups in total. The molecule has 6 nitrogen and oxygen atoms in total. The number of nitriles is 3. The summed E-state index contributed by atoms with van der Waals surface area (Å²) in [6, 6.07) is 18.8. The quantitative estimate of drug-likeness (QED) is 0.714. The van der Waals surface area contributed by atoms with E-state index in [4.69, 9.17) is 14.9 Å². The van der Waals surface area contributed by atoms with Crippen molar-refractivity contribution in [3.05, 3.63) is 71.3 Å². The van der Waals surface area contributed by atoms with Crippen LogP contribution in [-0.4, -0.2) is 11.7 Å². The number of nitrogens with zero attached hydrogens (tertiary/aromatic N) is 3. The minimum atomic E-state index is -4.80. The van der Waals surface area contributed by atoms with Gasteiger partial charge in [-0.2, -0.15) is 29.0 Å². The molecule has 0 spiro atoms. The molecule has 0 aromatic heterocycles. The Morgan fingerprint density at radius 1 is 0.970 bits per heavy atom. The molecular weight excluding hydrogens is 433 g/mol. The van der Waals surface area contributed by atoms with Gasteiger partial charge in [-0.1, -0.05) is 48.5 Å². The lowest BCUT2D eigenvalue weighted by molar-refractivity contribution is -0.273. The van der Waals surface area contributed by atoms with Crippen LogP contribution in [0.3, 0.4) is 0 Å². The summed E-state index contributed by atoms with van der Waals surface area (Å²) in [6.07, 6.45) is -6.48. The first kappa shape index (κ1) is 22.3. The predicted octanol–water partition coefficient (Wildman–Crippen LogP) is 4.90. The SMILES string of the molecule is CC12OC(=N)C(C#N)(C1Cc1ccccc1)C(C#N)(C#N)C(c1ccccc1C(F)(F)F)O2. The molecule has 4 rings (SSSR count). The van der Waals surface area contributed by atoms with E-state index in [1.54, 1.807) is 42.5 Å². The molecular formula is C24H17F3N4O2. The van der Waals surface area contributed by atoms with Crippen LogP contribution in [0.25, 0.3) is 0 Å². The summed E-state index contributed by atoms with van der Waals surface area (Å²) in [6.45, 7) is 1.43. The van der Waals surface area contributed by atoms with Gasteiger partial charge in [0.05, 0.1) is 29.7 Å². The molecule has 2 aromatic carbocycles. The van der Waals surface area contributed by atoms with Crippen molar-refractivity contribution < 1.29 is 22.6 Å². The minimum Gasteiger partial charge on any atom is -0.448 e. The normalized spacial score (nSPS) is 29.9. The molecule has 2 fully saturated rings. The maximum atomic E-state index is 13.8. The fourth-order valence-corrected chi connectivity index (χ4v) is 5.00. The highest BCUT2D eigenvalue weighted by Gasteiger charge is 2.79. The third kappa shape index (κ3) is 2.92. The summed E-state index contributed by atoms with van der Waals surface area (Å²) < 4.78 is 53.1. The van der Waals surface area contributed by atoms with Gasteiger partial charge in [-0.15, -0.1) is 0 Å². The van der Waals surface area contributed by atoms with Crippen molar-refractivity contribution in [3.63, 3.8) is 0 Å². The Morgan fingerprint density at radius 2 is 1.58 bits per heavy atom. The van der Waals surface area contributed by atoms with Gasteiger partial charge >= 0.3 is 6.18 Å². The number of benzene rings is 2. The van der Waals surface area contributed by atoms with Gasteiger partial charge in [0.1, 0.15) is 6.10 Å². The average Bonchev–Trinajstić information content (AvgIpc) is 2.95. The molecule has 2 saturated heterocycles. The first-order valence-electron chi connectivity index (χ1n) is 9.99. The molecule has 4 unspecified atom stereocenters. The standard InChI is InChI=1S/C24H17F3N4O2/c1-21-18(11-15-7-3-2-4-8-15)23(14-30,20(31)33-21)22(12-28,13-29)19(32-21)16-9-5-6-10-17(16)24(25,26)27/h2-10,18-19,31H,11H2,1H3. The number of hydrogen-bond donors (Lipinski definition) is 1. The predicted molar refractivity (Wildman–Crippen MR) is 108 cm³/mol. The lowest BCUT2D eigenvalue weighted by atomic mass is 9.52. The summed E-state index contributed by atoms with van der Waals surface area (Å²) in [5, 5.41) is 39.3. The van der Waals surface area contributed by atoms with Gasteiger partial charge in [0.15, 0.2) is 5.41 Å². The van der Waals surface area contributed by atoms with Crippen LogP contribution in [0.1, 0.15) is 29.7 Å². The van der Waals surface area contributed by atoms with Crippen LogP contribution in [0.15, 0.2) is 54.6 Å². The van der Waals surface area contributed by atoms with Crippen LogP contribution in [-0.2, 0) is 22.1 Å². The van der Waals surface area contributed by atoms with Gasteiger partial charge in [0, 0.05) is 6.92 Å². The monoisotopic (exact) mass is 450 g/mol. The number of alkyl halides is 3. The number of nitrogens with one attached hydrogen (secondary N) is 1. The van der Waals surface area contributed by atoms with Crippen molar-refractivity contribution in [2.24, 2.45) is 16.7 Å². The van der Waals surface area contributed by atoms with E-state index in [9.17, 15) is 29.0 Å². The molecule has 2 aliphatic heterocycles. The van der Waals surface area contributed by atoms with Crippen molar-refractivity contribution in [3.8, 4) is 18.2 Å². The molecule has 9 heteroatoms. The first-order chi connectivity index (χ1) is 15.6. The topological polar surface area (TPSA) is 114 Å². The highest BCUT2D eigenvalue weighted by atomic mass is 19.4.